The van der Waals surface area contributed by atoms with Gasteiger partial charge in [0.25, 0.3) is 10.0 Å². The van der Waals surface area contributed by atoms with E-state index in [1.165, 1.54) is 11.3 Å². The number of hydrogen-bond acceptors (Lipinski definition) is 4. The van der Waals surface area contributed by atoms with Crippen LogP contribution in [0.1, 0.15) is 16.0 Å². The summed E-state index contributed by atoms with van der Waals surface area (Å²) in [5, 5.41) is 9.83. The van der Waals surface area contributed by atoms with Gasteiger partial charge in [0.1, 0.15) is 9.96 Å². The lowest BCUT2D eigenvalue weighted by atomic mass is 10.1. The van der Waals surface area contributed by atoms with Crippen molar-refractivity contribution in [3.63, 3.8) is 0 Å². The van der Waals surface area contributed by atoms with Crippen molar-refractivity contribution in [3.05, 3.63) is 40.3 Å². The fraction of sp³-hybridized carbons (Fsp3) is 0.231. The third-order valence-electron chi connectivity index (χ3n) is 2.86. The molecule has 6 heteroatoms. The number of benzene rings is 1. The zero-order valence-corrected chi connectivity index (χ0v) is 12.5. The molecular formula is C13H15NO3S2. The van der Waals surface area contributed by atoms with E-state index in [1.807, 2.05) is 6.92 Å². The molecule has 102 valence electrons. The van der Waals surface area contributed by atoms with E-state index in [1.54, 1.807) is 38.1 Å². The Labute approximate surface area is 116 Å². The highest BCUT2D eigenvalue weighted by Gasteiger charge is 2.18. The van der Waals surface area contributed by atoms with Crippen molar-refractivity contribution in [1.82, 2.24) is 0 Å². The van der Waals surface area contributed by atoms with Gasteiger partial charge in [-0.05, 0) is 44.5 Å². The van der Waals surface area contributed by atoms with E-state index in [-0.39, 0.29) is 9.96 Å². The van der Waals surface area contributed by atoms with Gasteiger partial charge in [-0.25, -0.2) is 8.42 Å². The smallest absolute Gasteiger partial charge is 0.271 e. The number of aryl methyl sites for hydroxylation is 2. The van der Waals surface area contributed by atoms with Gasteiger partial charge in [0, 0.05) is 10.4 Å². The maximum atomic E-state index is 12.2. The van der Waals surface area contributed by atoms with Crippen LogP contribution in [0.25, 0.3) is 0 Å². The monoisotopic (exact) mass is 297 g/mol. The van der Waals surface area contributed by atoms with Gasteiger partial charge in [-0.2, -0.15) is 0 Å². The minimum Gasteiger partial charge on any atom is -0.507 e. The van der Waals surface area contributed by atoms with Gasteiger partial charge in [-0.1, -0.05) is 6.07 Å². The average Bonchev–Trinajstić information content (AvgIpc) is 2.78. The van der Waals surface area contributed by atoms with Crippen LogP contribution in [0.2, 0.25) is 0 Å². The molecule has 19 heavy (non-hydrogen) atoms. The Kier molecular flexibility index (Phi) is 3.56. The molecule has 0 aliphatic carbocycles. The van der Waals surface area contributed by atoms with Crippen molar-refractivity contribution in [3.8, 4) is 5.75 Å². The number of sulfonamides is 1. The van der Waals surface area contributed by atoms with E-state index in [0.717, 1.165) is 4.88 Å². The van der Waals surface area contributed by atoms with Gasteiger partial charge in [0.05, 0.1) is 5.69 Å². The standard InChI is InChI=1S/C13H15NO3S2/c1-8-4-6-11(10(3)13(8)15)14-19(16,17)12-7-5-9(2)18-12/h4-7,14-15H,1-3H3. The number of hydrogen-bond donors (Lipinski definition) is 2. The van der Waals surface area contributed by atoms with Gasteiger partial charge >= 0.3 is 0 Å². The Morgan fingerprint density at radius 2 is 1.79 bits per heavy atom. The van der Waals surface area contributed by atoms with Crippen LogP contribution in [0, 0.1) is 20.8 Å². The molecule has 2 N–H and O–H groups in total. The Hall–Kier alpha value is -1.53. The summed E-state index contributed by atoms with van der Waals surface area (Å²) in [6.45, 7) is 5.30. The summed E-state index contributed by atoms with van der Waals surface area (Å²) in [7, 11) is -3.59. The lowest BCUT2D eigenvalue weighted by Gasteiger charge is -2.11. The first-order valence-corrected chi connectivity index (χ1v) is 7.99. The Morgan fingerprint density at radius 1 is 1.11 bits per heavy atom. The van der Waals surface area contributed by atoms with Crippen LogP contribution in [-0.4, -0.2) is 13.5 Å². The van der Waals surface area contributed by atoms with Gasteiger partial charge in [0.2, 0.25) is 0 Å². The highest BCUT2D eigenvalue weighted by Crippen LogP contribution is 2.30. The molecule has 4 nitrogen and oxygen atoms in total. The molecule has 0 unspecified atom stereocenters. The molecule has 0 saturated heterocycles. The van der Waals surface area contributed by atoms with E-state index in [4.69, 9.17) is 0 Å². The molecule has 0 fully saturated rings. The molecule has 0 amide bonds. The lowest BCUT2D eigenvalue weighted by Crippen LogP contribution is -2.12. The van der Waals surface area contributed by atoms with Crippen LogP contribution in [0.4, 0.5) is 5.69 Å². The minimum atomic E-state index is -3.59. The summed E-state index contributed by atoms with van der Waals surface area (Å²) in [5.41, 5.74) is 1.64. The molecule has 0 bridgehead atoms. The Bertz CT molecular complexity index is 717. The van der Waals surface area contributed by atoms with Crippen LogP contribution < -0.4 is 4.72 Å². The number of nitrogens with one attached hydrogen (secondary N) is 1. The van der Waals surface area contributed by atoms with Gasteiger partial charge in [-0.15, -0.1) is 11.3 Å². The number of thiophene rings is 1. The maximum Gasteiger partial charge on any atom is 0.271 e. The molecular weight excluding hydrogens is 282 g/mol. The summed E-state index contributed by atoms with van der Waals surface area (Å²) < 4.78 is 27.1. The molecule has 0 aliphatic heterocycles. The fourth-order valence-electron chi connectivity index (χ4n) is 1.70. The molecule has 0 radical (unpaired) electrons. The predicted octanol–water partition coefficient (Wildman–Crippen LogP) is 3.18. The summed E-state index contributed by atoms with van der Waals surface area (Å²) in [4.78, 5) is 0.934. The molecule has 0 atom stereocenters. The van der Waals surface area contributed by atoms with Gasteiger partial charge < -0.3 is 5.11 Å². The molecule has 1 heterocycles. The third-order valence-corrected chi connectivity index (χ3v) is 5.72. The first-order chi connectivity index (χ1) is 8.81. The van der Waals surface area contributed by atoms with E-state index in [2.05, 4.69) is 4.72 Å². The summed E-state index contributed by atoms with van der Waals surface area (Å²) >= 11 is 1.21. The van der Waals surface area contributed by atoms with Crippen LogP contribution in [0.15, 0.2) is 28.5 Å². The van der Waals surface area contributed by atoms with Crippen LogP contribution in [0.3, 0.4) is 0 Å². The quantitative estimate of drug-likeness (QED) is 0.914. The summed E-state index contributed by atoms with van der Waals surface area (Å²) in [5.74, 6) is 0.113. The van der Waals surface area contributed by atoms with E-state index < -0.39 is 10.0 Å². The van der Waals surface area contributed by atoms with Crippen molar-refractivity contribution in [2.75, 3.05) is 4.72 Å². The largest absolute Gasteiger partial charge is 0.507 e. The predicted molar refractivity (Wildman–Crippen MR) is 77.4 cm³/mol. The Balaban J connectivity index is 2.39. The minimum absolute atomic E-state index is 0.113. The van der Waals surface area contributed by atoms with Crippen LogP contribution in [-0.2, 0) is 10.0 Å². The van der Waals surface area contributed by atoms with Crippen molar-refractivity contribution in [2.45, 2.75) is 25.0 Å². The van der Waals surface area contributed by atoms with Gasteiger partial charge in [0.15, 0.2) is 0 Å². The highest BCUT2D eigenvalue weighted by atomic mass is 32.2. The summed E-state index contributed by atoms with van der Waals surface area (Å²) in [6.07, 6.45) is 0. The molecule has 2 rings (SSSR count). The zero-order valence-electron chi connectivity index (χ0n) is 10.9. The normalized spacial score (nSPS) is 11.5. The maximum absolute atomic E-state index is 12.2. The van der Waals surface area contributed by atoms with Crippen molar-refractivity contribution in [2.24, 2.45) is 0 Å². The molecule has 0 saturated carbocycles. The zero-order chi connectivity index (χ0) is 14.2. The Morgan fingerprint density at radius 3 is 2.37 bits per heavy atom. The molecule has 0 spiro atoms. The van der Waals surface area contributed by atoms with Crippen molar-refractivity contribution >= 4 is 27.0 Å². The number of rotatable bonds is 3. The fourth-order valence-corrected chi connectivity index (χ4v) is 4.10. The molecule has 0 aliphatic rings. The second kappa shape index (κ2) is 4.86. The topological polar surface area (TPSA) is 66.4 Å². The second-order valence-corrected chi connectivity index (χ2v) is 7.57. The third kappa shape index (κ3) is 2.74. The number of anilines is 1. The first kappa shape index (κ1) is 13.9. The molecule has 2 aromatic rings. The number of aromatic hydroxyl groups is 1. The number of phenolic OH excluding ortho intramolecular Hbond substituents is 1. The van der Waals surface area contributed by atoms with Crippen LogP contribution in [0.5, 0.6) is 5.75 Å². The van der Waals surface area contributed by atoms with Crippen molar-refractivity contribution < 1.29 is 13.5 Å². The molecule has 1 aromatic carbocycles. The highest BCUT2D eigenvalue weighted by molar-refractivity contribution is 7.94. The van der Waals surface area contributed by atoms with Crippen LogP contribution >= 0.6 is 11.3 Å². The summed E-state index contributed by atoms with van der Waals surface area (Å²) in [6, 6.07) is 6.67. The lowest BCUT2D eigenvalue weighted by molar-refractivity contribution is 0.467. The number of phenols is 1. The van der Waals surface area contributed by atoms with Crippen molar-refractivity contribution in [1.29, 1.82) is 0 Å². The van der Waals surface area contributed by atoms with E-state index in [0.29, 0.717) is 16.8 Å². The second-order valence-electron chi connectivity index (χ2n) is 4.37. The van der Waals surface area contributed by atoms with E-state index in [9.17, 15) is 13.5 Å². The average molecular weight is 297 g/mol. The van der Waals surface area contributed by atoms with Gasteiger partial charge in [-0.3, -0.25) is 4.72 Å². The van der Waals surface area contributed by atoms with E-state index >= 15 is 0 Å². The molecule has 1 aromatic heterocycles. The SMILES string of the molecule is Cc1ccc(S(=O)(=O)Nc2ccc(C)c(O)c2C)s1. The first-order valence-electron chi connectivity index (χ1n) is 5.69.